The van der Waals surface area contributed by atoms with Gasteiger partial charge >= 0.3 is 0 Å². The molecule has 5 heteroatoms. The molecule has 1 N–H and O–H groups in total. The number of aromatic nitrogens is 2. The first-order chi connectivity index (χ1) is 8.33. The maximum Gasteiger partial charge on any atom is 0.193 e. The van der Waals surface area contributed by atoms with Crippen molar-refractivity contribution in [3.05, 3.63) is 23.5 Å². The summed E-state index contributed by atoms with van der Waals surface area (Å²) in [6.07, 6.45) is 6.37. The summed E-state index contributed by atoms with van der Waals surface area (Å²) in [7, 11) is 0. The second-order valence-corrected chi connectivity index (χ2v) is 5.37. The van der Waals surface area contributed by atoms with E-state index in [0.717, 1.165) is 36.6 Å². The molecule has 17 heavy (non-hydrogen) atoms. The van der Waals surface area contributed by atoms with Crippen LogP contribution < -0.4 is 5.32 Å². The summed E-state index contributed by atoms with van der Waals surface area (Å²) in [5.74, 6) is 0.577. The number of rotatable bonds is 3. The molecular weight excluding hydrogens is 234 g/mol. The molecule has 0 radical (unpaired) electrons. The van der Waals surface area contributed by atoms with Gasteiger partial charge in [0.05, 0.1) is 12.1 Å². The molecule has 1 aliphatic heterocycles. The minimum absolute atomic E-state index is 0.232. The number of ketones is 1. The SMILES string of the molecule is O=C(Cc1cn2ccsc2n1)C1CCNCC1. The molecule has 0 spiro atoms. The molecule has 2 aromatic heterocycles. The fraction of sp³-hybridized carbons (Fsp3) is 0.500. The van der Waals surface area contributed by atoms with Gasteiger partial charge in [0.2, 0.25) is 0 Å². The highest BCUT2D eigenvalue weighted by atomic mass is 32.1. The van der Waals surface area contributed by atoms with Crippen LogP contribution >= 0.6 is 11.3 Å². The Balaban J connectivity index is 1.69. The van der Waals surface area contributed by atoms with Crippen molar-refractivity contribution in [3.63, 3.8) is 0 Å². The monoisotopic (exact) mass is 249 g/mol. The Kier molecular flexibility index (Phi) is 2.94. The molecule has 0 bridgehead atoms. The zero-order chi connectivity index (χ0) is 11.7. The van der Waals surface area contributed by atoms with Crippen molar-refractivity contribution >= 4 is 22.1 Å². The minimum atomic E-state index is 0.232. The van der Waals surface area contributed by atoms with Crippen molar-refractivity contribution in [1.82, 2.24) is 14.7 Å². The van der Waals surface area contributed by atoms with Crippen molar-refractivity contribution in [3.8, 4) is 0 Å². The maximum absolute atomic E-state index is 12.1. The summed E-state index contributed by atoms with van der Waals surface area (Å²) >= 11 is 1.60. The normalized spacial score (nSPS) is 17.6. The van der Waals surface area contributed by atoms with E-state index in [2.05, 4.69) is 10.3 Å². The molecule has 0 aromatic carbocycles. The lowest BCUT2D eigenvalue weighted by Crippen LogP contribution is -2.32. The summed E-state index contributed by atoms with van der Waals surface area (Å²) in [4.78, 5) is 17.5. The van der Waals surface area contributed by atoms with Gasteiger partial charge in [-0.1, -0.05) is 0 Å². The first kappa shape index (κ1) is 10.9. The van der Waals surface area contributed by atoms with Gasteiger partial charge in [-0.3, -0.25) is 9.20 Å². The Hall–Kier alpha value is -1.20. The number of piperidine rings is 1. The van der Waals surface area contributed by atoms with E-state index in [-0.39, 0.29) is 5.92 Å². The van der Waals surface area contributed by atoms with Crippen LogP contribution in [-0.2, 0) is 11.2 Å². The van der Waals surface area contributed by atoms with E-state index < -0.39 is 0 Å². The van der Waals surface area contributed by atoms with Gasteiger partial charge in [-0.2, -0.15) is 0 Å². The number of Topliss-reactive ketones (excluding diaryl/α,β-unsaturated/α-hetero) is 1. The topological polar surface area (TPSA) is 46.4 Å². The summed E-state index contributed by atoms with van der Waals surface area (Å²) in [6.45, 7) is 1.93. The number of hydrogen-bond donors (Lipinski definition) is 1. The van der Waals surface area contributed by atoms with Crippen LogP contribution in [0, 0.1) is 5.92 Å². The molecule has 0 unspecified atom stereocenters. The van der Waals surface area contributed by atoms with E-state index in [1.165, 1.54) is 0 Å². The number of hydrogen-bond acceptors (Lipinski definition) is 4. The number of fused-ring (bicyclic) bond motifs is 1. The minimum Gasteiger partial charge on any atom is -0.317 e. The Bertz CT molecular complexity index is 496. The van der Waals surface area contributed by atoms with Crippen LogP contribution in [0.25, 0.3) is 4.96 Å². The highest BCUT2D eigenvalue weighted by Crippen LogP contribution is 2.17. The summed E-state index contributed by atoms with van der Waals surface area (Å²) < 4.78 is 1.98. The van der Waals surface area contributed by atoms with Crippen molar-refractivity contribution in [1.29, 1.82) is 0 Å². The fourth-order valence-electron chi connectivity index (χ4n) is 2.33. The van der Waals surface area contributed by atoms with E-state index in [4.69, 9.17) is 0 Å². The van der Waals surface area contributed by atoms with E-state index >= 15 is 0 Å². The third kappa shape index (κ3) is 2.25. The third-order valence-corrected chi connectivity index (χ3v) is 4.06. The zero-order valence-electron chi connectivity index (χ0n) is 9.56. The number of carbonyl (C=O) groups is 1. The van der Waals surface area contributed by atoms with Crippen LogP contribution in [-0.4, -0.2) is 28.3 Å². The molecule has 3 rings (SSSR count). The number of nitrogens with one attached hydrogen (secondary N) is 1. The Morgan fingerprint density at radius 3 is 3.12 bits per heavy atom. The van der Waals surface area contributed by atoms with Crippen LogP contribution in [0.3, 0.4) is 0 Å². The predicted octanol–water partition coefficient (Wildman–Crippen LogP) is 1.51. The molecule has 0 saturated carbocycles. The molecule has 0 aliphatic carbocycles. The first-order valence-electron chi connectivity index (χ1n) is 5.97. The average Bonchev–Trinajstić information content (AvgIpc) is 2.90. The van der Waals surface area contributed by atoms with Crippen molar-refractivity contribution in [2.24, 2.45) is 5.92 Å². The molecule has 1 fully saturated rings. The lowest BCUT2D eigenvalue weighted by Gasteiger charge is -2.20. The van der Waals surface area contributed by atoms with Gasteiger partial charge in [0.25, 0.3) is 0 Å². The molecule has 0 atom stereocenters. The number of thiazole rings is 1. The van der Waals surface area contributed by atoms with E-state index in [0.29, 0.717) is 12.2 Å². The van der Waals surface area contributed by atoms with Crippen molar-refractivity contribution < 1.29 is 4.79 Å². The Labute approximate surface area is 104 Å². The van der Waals surface area contributed by atoms with Gasteiger partial charge in [0.1, 0.15) is 5.78 Å². The summed E-state index contributed by atoms with van der Waals surface area (Å²) in [6, 6.07) is 0. The molecular formula is C12H15N3OS. The number of nitrogens with zero attached hydrogens (tertiary/aromatic N) is 2. The number of carbonyl (C=O) groups excluding carboxylic acids is 1. The molecule has 1 aliphatic rings. The Morgan fingerprint density at radius 2 is 2.35 bits per heavy atom. The largest absolute Gasteiger partial charge is 0.317 e. The smallest absolute Gasteiger partial charge is 0.193 e. The highest BCUT2D eigenvalue weighted by molar-refractivity contribution is 7.15. The molecule has 0 amide bonds. The van der Waals surface area contributed by atoms with Crippen LogP contribution in [0.5, 0.6) is 0 Å². The molecule has 1 saturated heterocycles. The van der Waals surface area contributed by atoms with Crippen LogP contribution in [0.4, 0.5) is 0 Å². The van der Waals surface area contributed by atoms with Gasteiger partial charge in [-0.15, -0.1) is 11.3 Å². The predicted molar refractivity (Wildman–Crippen MR) is 67.4 cm³/mol. The van der Waals surface area contributed by atoms with E-state index in [1.807, 2.05) is 22.2 Å². The van der Waals surface area contributed by atoms with Crippen LogP contribution in [0.15, 0.2) is 17.8 Å². The molecule has 3 heterocycles. The van der Waals surface area contributed by atoms with Gasteiger partial charge in [0, 0.05) is 23.7 Å². The van der Waals surface area contributed by atoms with Gasteiger partial charge in [-0.25, -0.2) is 4.98 Å². The van der Waals surface area contributed by atoms with Gasteiger partial charge in [-0.05, 0) is 25.9 Å². The number of imidazole rings is 1. The molecule has 2 aromatic rings. The maximum atomic E-state index is 12.1. The lowest BCUT2D eigenvalue weighted by atomic mass is 9.91. The second-order valence-electron chi connectivity index (χ2n) is 4.49. The summed E-state index contributed by atoms with van der Waals surface area (Å²) in [5.41, 5.74) is 0.903. The summed E-state index contributed by atoms with van der Waals surface area (Å²) in [5, 5.41) is 5.28. The highest BCUT2D eigenvalue weighted by Gasteiger charge is 2.21. The van der Waals surface area contributed by atoms with Crippen LogP contribution in [0.2, 0.25) is 0 Å². The van der Waals surface area contributed by atoms with Crippen molar-refractivity contribution in [2.45, 2.75) is 19.3 Å². The van der Waals surface area contributed by atoms with E-state index in [9.17, 15) is 4.79 Å². The van der Waals surface area contributed by atoms with Crippen LogP contribution in [0.1, 0.15) is 18.5 Å². The standard InChI is InChI=1S/C12H15N3OS/c16-11(9-1-3-13-4-2-9)7-10-8-15-5-6-17-12(15)14-10/h5-6,8-9,13H,1-4,7H2. The lowest BCUT2D eigenvalue weighted by molar-refractivity contribution is -0.122. The average molecular weight is 249 g/mol. The van der Waals surface area contributed by atoms with E-state index in [1.54, 1.807) is 11.3 Å². The molecule has 4 nitrogen and oxygen atoms in total. The fourth-order valence-corrected chi connectivity index (χ4v) is 3.05. The molecule has 90 valence electrons. The third-order valence-electron chi connectivity index (χ3n) is 3.29. The van der Waals surface area contributed by atoms with Gasteiger partial charge < -0.3 is 5.32 Å². The quantitative estimate of drug-likeness (QED) is 0.897. The first-order valence-corrected chi connectivity index (χ1v) is 6.85. The van der Waals surface area contributed by atoms with Gasteiger partial charge in [0.15, 0.2) is 4.96 Å². The van der Waals surface area contributed by atoms with Crippen molar-refractivity contribution in [2.75, 3.05) is 13.1 Å². The Morgan fingerprint density at radius 1 is 1.53 bits per heavy atom. The second kappa shape index (κ2) is 4.58. The zero-order valence-corrected chi connectivity index (χ0v) is 10.4.